The number of likely N-dealkylation sites (tertiary alicyclic amines) is 1. The van der Waals surface area contributed by atoms with E-state index in [-0.39, 0.29) is 24.4 Å². The smallest absolute Gasteiger partial charge is 0.410 e. The van der Waals surface area contributed by atoms with Crippen molar-refractivity contribution in [1.82, 2.24) is 4.90 Å². The van der Waals surface area contributed by atoms with E-state index in [0.717, 1.165) is 5.56 Å². The number of amides is 1. The van der Waals surface area contributed by atoms with Gasteiger partial charge in [-0.25, -0.2) is 10.2 Å². The normalized spacial score (nSPS) is 13.9. The van der Waals surface area contributed by atoms with Crippen molar-refractivity contribution < 1.29 is 32.1 Å². The molecule has 1 saturated heterocycles. The maximum absolute atomic E-state index is 11.7. The molecule has 0 bridgehead atoms. The highest BCUT2D eigenvalue weighted by Gasteiger charge is 2.38. The lowest BCUT2D eigenvalue weighted by Crippen LogP contribution is -3.00. The molecule has 20 heavy (non-hydrogen) atoms. The summed E-state index contributed by atoms with van der Waals surface area (Å²) in [6, 6.07) is 9.61. The third-order valence-corrected chi connectivity index (χ3v) is 3.06. The van der Waals surface area contributed by atoms with Gasteiger partial charge in [-0.3, -0.25) is 0 Å². The molecule has 0 aromatic heterocycles. The molecule has 110 valence electrons. The van der Waals surface area contributed by atoms with Crippen LogP contribution in [0.4, 0.5) is 4.79 Å². The number of hydrogen-bond acceptors (Lipinski definition) is 3. The van der Waals surface area contributed by atoms with Gasteiger partial charge >= 0.3 is 12.0 Å². The third kappa shape index (κ3) is 4.13. The first-order chi connectivity index (χ1) is 9.20. The van der Waals surface area contributed by atoms with Gasteiger partial charge in [-0.1, -0.05) is 30.3 Å². The van der Waals surface area contributed by atoms with E-state index in [2.05, 4.69) is 0 Å². The first-order valence-corrected chi connectivity index (χ1v) is 6.41. The van der Waals surface area contributed by atoms with Gasteiger partial charge in [0.05, 0.1) is 6.61 Å². The highest BCUT2D eigenvalue weighted by atomic mass is 35.5. The van der Waals surface area contributed by atoms with E-state index in [0.29, 0.717) is 32.2 Å². The van der Waals surface area contributed by atoms with Crippen LogP contribution in [0.2, 0.25) is 0 Å². The fourth-order valence-corrected chi connectivity index (χ4v) is 1.90. The molecule has 0 radical (unpaired) electrons. The lowest BCUT2D eigenvalue weighted by molar-refractivity contribution is -0.152. The summed E-state index contributed by atoms with van der Waals surface area (Å²) in [6.07, 6.45) is -0.301. The highest BCUT2D eigenvalue weighted by Crippen LogP contribution is 2.17. The summed E-state index contributed by atoms with van der Waals surface area (Å²) in [5, 5.41) is 5.73. The van der Waals surface area contributed by atoms with E-state index in [4.69, 9.17) is 14.9 Å². The molecule has 1 fully saturated rings. The topological polar surface area (TPSA) is 64.4 Å². The van der Waals surface area contributed by atoms with Gasteiger partial charge < -0.3 is 26.8 Å². The van der Waals surface area contributed by atoms with Crippen molar-refractivity contribution in [3.63, 3.8) is 0 Å². The zero-order valence-corrected chi connectivity index (χ0v) is 12.2. The van der Waals surface area contributed by atoms with E-state index in [1.807, 2.05) is 37.3 Å². The van der Waals surface area contributed by atoms with Gasteiger partial charge in [0.15, 0.2) is 0 Å². The Bertz CT molecular complexity index is 447. The lowest BCUT2D eigenvalue weighted by Gasteiger charge is -2.35. The van der Waals surface area contributed by atoms with Crippen LogP contribution < -0.4 is 17.8 Å². The maximum Gasteiger partial charge on any atom is 0.410 e. The van der Waals surface area contributed by atoms with Crippen LogP contribution in [0.3, 0.4) is 0 Å². The Morgan fingerprint density at radius 3 is 2.55 bits per heavy atom. The van der Waals surface area contributed by atoms with Crippen LogP contribution in [0.5, 0.6) is 0 Å². The number of ether oxygens (including phenoxy) is 2. The molecule has 0 saturated carbocycles. The second-order valence-corrected chi connectivity index (χ2v) is 4.48. The van der Waals surface area contributed by atoms with Crippen LogP contribution in [0.1, 0.15) is 12.5 Å². The zero-order valence-electron chi connectivity index (χ0n) is 11.4. The molecule has 5 nitrogen and oxygen atoms in total. The van der Waals surface area contributed by atoms with Crippen LogP contribution in [-0.4, -0.2) is 36.6 Å². The van der Waals surface area contributed by atoms with E-state index < -0.39 is 0 Å². The number of carbonyl (C=O) groups excluding carboxylic acids is 1. The Hall–Kier alpha value is -1.75. The van der Waals surface area contributed by atoms with Crippen molar-refractivity contribution in [3.05, 3.63) is 35.9 Å². The molecule has 0 aliphatic carbocycles. The molecule has 0 unspecified atom stereocenters. The Morgan fingerprint density at radius 2 is 1.95 bits per heavy atom. The van der Waals surface area contributed by atoms with Gasteiger partial charge in [-0.05, 0) is 12.5 Å². The van der Waals surface area contributed by atoms with Gasteiger partial charge in [-0.2, -0.15) is 0 Å². The first-order valence-electron chi connectivity index (χ1n) is 6.41. The van der Waals surface area contributed by atoms with Crippen LogP contribution in [0.15, 0.2) is 30.3 Å². The Morgan fingerprint density at radius 1 is 1.30 bits per heavy atom. The van der Waals surface area contributed by atoms with Crippen molar-refractivity contribution in [2.75, 3.05) is 19.7 Å². The molecular weight excluding hydrogens is 280 g/mol. The van der Waals surface area contributed by atoms with Crippen LogP contribution in [-0.2, 0) is 16.1 Å². The van der Waals surface area contributed by atoms with Gasteiger partial charge in [0.2, 0.25) is 0 Å². The number of nitrogens with zero attached hydrogens (tertiary/aromatic N) is 1. The van der Waals surface area contributed by atoms with E-state index in [1.165, 1.54) is 0 Å². The summed E-state index contributed by atoms with van der Waals surface area (Å²) in [5.74, 6) is 0.638. The lowest BCUT2D eigenvalue weighted by atomic mass is 10.0. The monoisotopic (exact) mass is 298 g/mol. The van der Waals surface area contributed by atoms with Gasteiger partial charge in [-0.15, -0.1) is 0 Å². The van der Waals surface area contributed by atoms with E-state index >= 15 is 0 Å². The average molecular weight is 299 g/mol. The molecule has 1 aliphatic rings. The summed E-state index contributed by atoms with van der Waals surface area (Å²) in [7, 11) is 0. The van der Waals surface area contributed by atoms with Crippen molar-refractivity contribution in [1.29, 1.82) is 0 Å². The second kappa shape index (κ2) is 7.75. The minimum absolute atomic E-state index is 0. The average Bonchev–Trinajstić information content (AvgIpc) is 2.36. The zero-order chi connectivity index (χ0) is 13.7. The molecular formula is C14H19ClN2O3. The quantitative estimate of drug-likeness (QED) is 0.492. The van der Waals surface area contributed by atoms with Crippen LogP contribution >= 0.6 is 0 Å². The molecule has 1 amide bonds. The maximum atomic E-state index is 11.7. The highest BCUT2D eigenvalue weighted by molar-refractivity contribution is 5.78. The Kier molecular flexibility index (Phi) is 6.31. The van der Waals surface area contributed by atoms with Crippen molar-refractivity contribution in [3.8, 4) is 0 Å². The van der Waals surface area contributed by atoms with Crippen molar-refractivity contribution in [2.45, 2.75) is 13.5 Å². The summed E-state index contributed by atoms with van der Waals surface area (Å²) in [6.45, 7) is 3.88. The van der Waals surface area contributed by atoms with E-state index in [1.54, 1.807) is 4.90 Å². The molecule has 0 atom stereocenters. The Balaban J connectivity index is 0.00000200. The van der Waals surface area contributed by atoms with Crippen LogP contribution in [0, 0.1) is 5.92 Å². The van der Waals surface area contributed by atoms with Crippen molar-refractivity contribution in [2.24, 2.45) is 5.92 Å². The summed E-state index contributed by atoms with van der Waals surface area (Å²) in [4.78, 5) is 13.4. The van der Waals surface area contributed by atoms with Gasteiger partial charge in [0.1, 0.15) is 12.5 Å². The number of benzene rings is 1. The molecule has 1 aliphatic heterocycles. The molecule has 1 aromatic rings. The van der Waals surface area contributed by atoms with Crippen molar-refractivity contribution >= 4 is 12.0 Å². The summed E-state index contributed by atoms with van der Waals surface area (Å²) >= 11 is 0. The minimum atomic E-state index is -0.301. The third-order valence-electron chi connectivity index (χ3n) is 3.06. The largest absolute Gasteiger partial charge is 1.00 e. The predicted octanol–water partition coefficient (Wildman–Crippen LogP) is -2.55. The number of nitrogens with two attached hydrogens (primary N) is 1. The van der Waals surface area contributed by atoms with Crippen LogP contribution in [0.25, 0.3) is 0 Å². The van der Waals surface area contributed by atoms with Gasteiger partial charge in [0, 0.05) is 13.1 Å². The van der Waals surface area contributed by atoms with E-state index in [9.17, 15) is 4.79 Å². The molecule has 6 heteroatoms. The van der Waals surface area contributed by atoms with Gasteiger partial charge in [0.25, 0.3) is 0 Å². The first kappa shape index (κ1) is 16.3. The molecule has 2 N–H and O–H groups in total. The second-order valence-electron chi connectivity index (χ2n) is 4.48. The molecule has 1 aromatic carbocycles. The number of hydrogen-bond donors (Lipinski definition) is 1. The standard InChI is InChI=1S/C14H18N2O3.ClH/c1-2-18-13(15)12-8-16(9-12)14(17)19-10-11-6-4-3-5-7-11;/h3-7,12,15H,2,8-10H2,1H3;1H. The summed E-state index contributed by atoms with van der Waals surface area (Å²) < 4.78 is 10.4. The summed E-state index contributed by atoms with van der Waals surface area (Å²) in [5.41, 5.74) is 0.980. The number of halogens is 1. The number of carbonyl (C=O) groups is 1. The number of rotatable bonds is 4. The fourth-order valence-electron chi connectivity index (χ4n) is 1.90. The minimum Gasteiger partial charge on any atom is -1.00 e. The SMILES string of the molecule is CCOC(=[NH2+])C1CN(C(=O)OCc2ccccc2)C1.[Cl-]. The molecule has 2 rings (SSSR count). The fraction of sp³-hybridized carbons (Fsp3) is 0.429. The molecule has 1 heterocycles. The Labute approximate surface area is 124 Å². The molecule has 0 spiro atoms. The predicted molar refractivity (Wildman–Crippen MR) is 70.2 cm³/mol.